The predicted molar refractivity (Wildman–Crippen MR) is 68.0 cm³/mol. The van der Waals surface area contributed by atoms with Crippen LogP contribution in [-0.2, 0) is 11.3 Å². The van der Waals surface area contributed by atoms with Crippen molar-refractivity contribution < 1.29 is 15.0 Å². The molecule has 2 aromatic rings. The molecule has 102 valence electrons. The summed E-state index contributed by atoms with van der Waals surface area (Å²) < 4.78 is 1.47. The lowest BCUT2D eigenvalue weighted by molar-refractivity contribution is -0.133. The molecule has 0 aliphatic heterocycles. The zero-order valence-electron chi connectivity index (χ0n) is 9.66. The van der Waals surface area contributed by atoms with Gasteiger partial charge in [-0.25, -0.2) is 4.98 Å². The number of aromatic amines is 1. The van der Waals surface area contributed by atoms with Gasteiger partial charge < -0.3 is 20.5 Å². The second-order valence-corrected chi connectivity index (χ2v) is 4.52. The summed E-state index contributed by atoms with van der Waals surface area (Å²) in [6.07, 6.45) is 0. The molecule has 0 aliphatic rings. The Balaban J connectivity index is 2.56. The predicted octanol–water partition coefficient (Wildman–Crippen LogP) is -1.13. The molecule has 2 heterocycles. The van der Waals surface area contributed by atoms with E-state index >= 15 is 0 Å². The van der Waals surface area contributed by atoms with Crippen molar-refractivity contribution >= 4 is 34.8 Å². The number of rotatable bonds is 5. The Labute approximate surface area is 110 Å². The van der Waals surface area contributed by atoms with Gasteiger partial charge in [0, 0.05) is 6.54 Å². The van der Waals surface area contributed by atoms with E-state index in [1.165, 1.54) is 4.57 Å². The molecule has 0 saturated heterocycles. The monoisotopic (exact) mass is 285 g/mol. The lowest BCUT2D eigenvalue weighted by Gasteiger charge is -2.04. The number of aliphatic hydroxyl groups excluding tert-OH is 1. The number of aliphatic carboxylic acids is 1. The van der Waals surface area contributed by atoms with Crippen LogP contribution in [0.2, 0.25) is 0 Å². The van der Waals surface area contributed by atoms with Gasteiger partial charge >= 0.3 is 5.97 Å². The van der Waals surface area contributed by atoms with Gasteiger partial charge in [-0.15, -0.1) is 0 Å². The summed E-state index contributed by atoms with van der Waals surface area (Å²) >= 11 is 0.943. The van der Waals surface area contributed by atoms with Gasteiger partial charge in [0.1, 0.15) is 0 Å². The van der Waals surface area contributed by atoms with Crippen LogP contribution in [0.1, 0.15) is 0 Å². The zero-order valence-corrected chi connectivity index (χ0v) is 10.5. The van der Waals surface area contributed by atoms with Crippen LogP contribution in [0.3, 0.4) is 0 Å². The van der Waals surface area contributed by atoms with Crippen molar-refractivity contribution in [3.8, 4) is 0 Å². The number of imidazole rings is 1. The van der Waals surface area contributed by atoms with Crippen LogP contribution >= 0.6 is 11.8 Å². The second-order valence-electron chi connectivity index (χ2n) is 3.58. The van der Waals surface area contributed by atoms with Gasteiger partial charge in [0.05, 0.1) is 12.4 Å². The number of aromatic nitrogens is 4. The SMILES string of the molecule is Nc1nc2c(nc(SCC(=O)O)n2CCO)c(=O)[nH]1. The standard InChI is InChI=1S/C9H11N5O4S/c10-8-12-6-5(7(18)13-8)11-9(14(6)1-2-15)19-3-4(16)17/h15H,1-3H2,(H,16,17)(H3,10,12,13,18). The maximum atomic E-state index is 11.7. The lowest BCUT2D eigenvalue weighted by atomic mass is 10.5. The lowest BCUT2D eigenvalue weighted by Crippen LogP contribution is -2.13. The second kappa shape index (κ2) is 5.28. The van der Waals surface area contributed by atoms with Crippen LogP contribution < -0.4 is 11.3 Å². The third kappa shape index (κ3) is 2.69. The third-order valence-corrected chi connectivity index (χ3v) is 3.20. The van der Waals surface area contributed by atoms with E-state index in [2.05, 4.69) is 15.0 Å². The minimum Gasteiger partial charge on any atom is -0.481 e. The summed E-state index contributed by atoms with van der Waals surface area (Å²) in [7, 11) is 0. The number of anilines is 1. The van der Waals surface area contributed by atoms with E-state index in [0.29, 0.717) is 5.16 Å². The molecule has 10 heteroatoms. The molecule has 2 aromatic heterocycles. The Morgan fingerprint density at radius 2 is 2.21 bits per heavy atom. The van der Waals surface area contributed by atoms with Gasteiger partial charge in [-0.3, -0.25) is 14.6 Å². The van der Waals surface area contributed by atoms with Gasteiger partial charge in [0.15, 0.2) is 16.3 Å². The number of carboxylic acid groups (broad SMARTS) is 1. The first kappa shape index (κ1) is 13.4. The highest BCUT2D eigenvalue weighted by atomic mass is 32.2. The number of nitrogens with one attached hydrogen (secondary N) is 1. The molecule has 0 bridgehead atoms. The topological polar surface area (TPSA) is 147 Å². The number of carbonyl (C=O) groups is 1. The zero-order chi connectivity index (χ0) is 14.0. The Morgan fingerprint density at radius 1 is 1.47 bits per heavy atom. The molecule has 2 rings (SSSR count). The number of nitrogen functional groups attached to an aromatic ring is 1. The highest BCUT2D eigenvalue weighted by molar-refractivity contribution is 7.99. The fourth-order valence-electron chi connectivity index (χ4n) is 1.55. The van der Waals surface area contributed by atoms with Gasteiger partial charge in [0.2, 0.25) is 5.95 Å². The van der Waals surface area contributed by atoms with E-state index in [-0.39, 0.29) is 36.0 Å². The van der Waals surface area contributed by atoms with E-state index in [9.17, 15) is 9.59 Å². The molecular formula is C9H11N5O4S. The highest BCUT2D eigenvalue weighted by Crippen LogP contribution is 2.21. The van der Waals surface area contributed by atoms with Gasteiger partial charge in [-0.2, -0.15) is 4.98 Å². The molecule has 0 spiro atoms. The number of hydrogen-bond donors (Lipinski definition) is 4. The Morgan fingerprint density at radius 3 is 2.84 bits per heavy atom. The number of aliphatic hydroxyl groups is 1. The van der Waals surface area contributed by atoms with Crippen molar-refractivity contribution in [2.45, 2.75) is 11.7 Å². The van der Waals surface area contributed by atoms with E-state index < -0.39 is 11.5 Å². The molecule has 0 unspecified atom stereocenters. The maximum Gasteiger partial charge on any atom is 0.313 e. The molecule has 0 aliphatic carbocycles. The van der Waals surface area contributed by atoms with Crippen molar-refractivity contribution in [3.05, 3.63) is 10.4 Å². The van der Waals surface area contributed by atoms with Gasteiger partial charge in [-0.1, -0.05) is 11.8 Å². The normalized spacial score (nSPS) is 11.0. The van der Waals surface area contributed by atoms with Crippen LogP contribution in [0.4, 0.5) is 5.95 Å². The fraction of sp³-hybridized carbons (Fsp3) is 0.333. The van der Waals surface area contributed by atoms with Crippen molar-refractivity contribution in [2.24, 2.45) is 0 Å². The molecule has 0 amide bonds. The van der Waals surface area contributed by atoms with Crippen LogP contribution in [0.25, 0.3) is 11.2 Å². The minimum atomic E-state index is -1.01. The van der Waals surface area contributed by atoms with Crippen molar-refractivity contribution in [3.63, 3.8) is 0 Å². The summed E-state index contributed by atoms with van der Waals surface area (Å²) in [5.41, 5.74) is 5.24. The first-order valence-electron chi connectivity index (χ1n) is 5.24. The van der Waals surface area contributed by atoms with E-state index in [4.69, 9.17) is 15.9 Å². The summed E-state index contributed by atoms with van der Waals surface area (Å²) in [6, 6.07) is 0. The first-order chi connectivity index (χ1) is 9.02. The van der Waals surface area contributed by atoms with E-state index in [0.717, 1.165) is 11.8 Å². The minimum absolute atomic E-state index is 0.0635. The van der Waals surface area contributed by atoms with Crippen molar-refractivity contribution in [1.29, 1.82) is 0 Å². The van der Waals surface area contributed by atoms with Gasteiger partial charge in [-0.05, 0) is 0 Å². The average molecular weight is 285 g/mol. The van der Waals surface area contributed by atoms with Crippen LogP contribution in [-0.4, -0.2) is 48.1 Å². The fourth-order valence-corrected chi connectivity index (χ4v) is 2.29. The number of H-pyrrole nitrogens is 1. The molecule has 0 saturated carbocycles. The third-order valence-electron chi connectivity index (χ3n) is 2.24. The number of fused-ring (bicyclic) bond motifs is 1. The highest BCUT2D eigenvalue weighted by Gasteiger charge is 2.16. The quantitative estimate of drug-likeness (QED) is 0.504. The average Bonchev–Trinajstić information content (AvgIpc) is 2.66. The summed E-state index contributed by atoms with van der Waals surface area (Å²) in [4.78, 5) is 32.5. The molecule has 0 radical (unpaired) electrons. The summed E-state index contributed by atoms with van der Waals surface area (Å²) in [5, 5.41) is 18.0. The summed E-state index contributed by atoms with van der Waals surface area (Å²) in [5.74, 6) is -1.28. The van der Waals surface area contributed by atoms with Crippen LogP contribution in [0.15, 0.2) is 9.95 Å². The first-order valence-corrected chi connectivity index (χ1v) is 6.23. The molecule has 9 nitrogen and oxygen atoms in total. The largest absolute Gasteiger partial charge is 0.481 e. The molecular weight excluding hydrogens is 274 g/mol. The Kier molecular flexibility index (Phi) is 3.71. The molecule has 19 heavy (non-hydrogen) atoms. The van der Waals surface area contributed by atoms with Crippen molar-refractivity contribution in [1.82, 2.24) is 19.5 Å². The van der Waals surface area contributed by atoms with Crippen molar-refractivity contribution in [2.75, 3.05) is 18.1 Å². The summed E-state index contributed by atoms with van der Waals surface area (Å²) in [6.45, 7) is -0.0468. The number of nitrogens with two attached hydrogens (primary N) is 1. The van der Waals surface area contributed by atoms with Crippen LogP contribution in [0, 0.1) is 0 Å². The van der Waals surface area contributed by atoms with E-state index in [1.807, 2.05) is 0 Å². The molecule has 0 aromatic carbocycles. The molecule has 0 fully saturated rings. The maximum absolute atomic E-state index is 11.7. The molecule has 0 atom stereocenters. The Hall–Kier alpha value is -2.07. The molecule has 5 N–H and O–H groups in total. The van der Waals surface area contributed by atoms with Crippen LogP contribution in [0.5, 0.6) is 0 Å². The smallest absolute Gasteiger partial charge is 0.313 e. The Bertz CT molecular complexity index is 679. The number of carboxylic acids is 1. The van der Waals surface area contributed by atoms with Gasteiger partial charge in [0.25, 0.3) is 5.56 Å². The number of thioether (sulfide) groups is 1. The number of hydrogen-bond acceptors (Lipinski definition) is 7. The van der Waals surface area contributed by atoms with E-state index in [1.54, 1.807) is 0 Å². The number of nitrogens with zero attached hydrogens (tertiary/aromatic N) is 3.